The number of carbonyl (C=O) groups excluding carboxylic acids is 1. The van der Waals surface area contributed by atoms with Crippen LogP contribution in [0.3, 0.4) is 0 Å². The fraction of sp³-hybridized carbons (Fsp3) is 0.0833. The number of rotatable bonds is 5. The minimum Gasteiger partial charge on any atom is -0.286 e. The second-order valence-corrected chi connectivity index (χ2v) is 8.03. The topological polar surface area (TPSA) is 32.7 Å². The highest BCUT2D eigenvalue weighted by Crippen LogP contribution is 2.34. The average molecular weight is 419 g/mol. The molecule has 1 saturated heterocycles. The number of para-hydroxylation sites is 1. The number of amides is 1. The highest BCUT2D eigenvalue weighted by atomic mass is 35.5. The smallest absolute Gasteiger partial charge is 0.266 e. The van der Waals surface area contributed by atoms with Gasteiger partial charge in [-0.15, -0.1) is 0 Å². The molecule has 0 aromatic heterocycles. The molecule has 1 aliphatic heterocycles. The van der Waals surface area contributed by atoms with Crippen LogP contribution in [0.25, 0.3) is 6.08 Å². The van der Waals surface area contributed by atoms with Crippen molar-refractivity contribution in [2.45, 2.75) is 6.42 Å². The summed E-state index contributed by atoms with van der Waals surface area (Å²) in [4.78, 5) is 20.3. The van der Waals surface area contributed by atoms with Gasteiger partial charge in [0.15, 0.2) is 5.17 Å². The monoisotopic (exact) mass is 418 g/mol. The average Bonchev–Trinajstić information content (AvgIpc) is 3.04. The van der Waals surface area contributed by atoms with Crippen LogP contribution in [0.2, 0.25) is 5.02 Å². The molecule has 0 bridgehead atoms. The first-order valence-corrected chi connectivity index (χ1v) is 10.5. The zero-order valence-electron chi connectivity index (χ0n) is 15.7. The van der Waals surface area contributed by atoms with E-state index >= 15 is 0 Å². The first kappa shape index (κ1) is 19.5. The number of hydrogen-bond acceptors (Lipinski definition) is 3. The lowest BCUT2D eigenvalue weighted by atomic mass is 10.1. The number of amidine groups is 1. The molecule has 0 N–H and O–H groups in total. The van der Waals surface area contributed by atoms with Crippen molar-refractivity contribution in [3.63, 3.8) is 0 Å². The summed E-state index contributed by atoms with van der Waals surface area (Å²) in [7, 11) is 0. The Kier molecular flexibility index (Phi) is 6.13. The van der Waals surface area contributed by atoms with E-state index in [0.29, 0.717) is 21.6 Å². The highest BCUT2D eigenvalue weighted by molar-refractivity contribution is 8.18. The SMILES string of the molecule is O=C1/C(=C\c2ccc(Cl)cc2)SC(=Nc2ccccc2)N1CCc1ccccc1. The van der Waals surface area contributed by atoms with Gasteiger partial charge >= 0.3 is 0 Å². The van der Waals surface area contributed by atoms with Crippen molar-refractivity contribution < 1.29 is 4.79 Å². The summed E-state index contributed by atoms with van der Waals surface area (Å²) >= 11 is 7.38. The van der Waals surface area contributed by atoms with Crippen LogP contribution in [0.4, 0.5) is 5.69 Å². The number of carbonyl (C=O) groups is 1. The van der Waals surface area contributed by atoms with E-state index in [0.717, 1.165) is 17.7 Å². The van der Waals surface area contributed by atoms with Gasteiger partial charge in [-0.25, -0.2) is 4.99 Å². The van der Waals surface area contributed by atoms with Crippen LogP contribution in [0.1, 0.15) is 11.1 Å². The Morgan fingerprint density at radius 2 is 1.55 bits per heavy atom. The van der Waals surface area contributed by atoms with Crippen LogP contribution in [-0.4, -0.2) is 22.5 Å². The summed E-state index contributed by atoms with van der Waals surface area (Å²) in [6.07, 6.45) is 2.67. The van der Waals surface area contributed by atoms with Crippen molar-refractivity contribution in [1.82, 2.24) is 4.90 Å². The van der Waals surface area contributed by atoms with Gasteiger partial charge in [0, 0.05) is 11.6 Å². The molecule has 3 aromatic rings. The number of benzene rings is 3. The second-order valence-electron chi connectivity index (χ2n) is 6.58. The van der Waals surface area contributed by atoms with Crippen LogP contribution >= 0.6 is 23.4 Å². The van der Waals surface area contributed by atoms with Gasteiger partial charge in [-0.3, -0.25) is 9.69 Å². The molecule has 1 aliphatic rings. The van der Waals surface area contributed by atoms with Crippen LogP contribution in [0.15, 0.2) is 94.8 Å². The van der Waals surface area contributed by atoms with Crippen molar-refractivity contribution in [3.8, 4) is 0 Å². The van der Waals surface area contributed by atoms with Gasteiger partial charge in [-0.1, -0.05) is 72.3 Å². The van der Waals surface area contributed by atoms with E-state index in [9.17, 15) is 4.79 Å². The molecule has 0 saturated carbocycles. The Morgan fingerprint density at radius 1 is 0.897 bits per heavy atom. The van der Waals surface area contributed by atoms with Gasteiger partial charge in [0.1, 0.15) is 0 Å². The minimum absolute atomic E-state index is 0.0180. The summed E-state index contributed by atoms with van der Waals surface area (Å²) in [6, 6.07) is 27.4. The molecule has 3 aromatic carbocycles. The van der Waals surface area contributed by atoms with Crippen molar-refractivity contribution in [2.75, 3.05) is 6.54 Å². The number of thioether (sulfide) groups is 1. The fourth-order valence-electron chi connectivity index (χ4n) is 3.00. The number of halogens is 1. The Bertz CT molecular complexity index is 1050. The zero-order chi connectivity index (χ0) is 20.1. The predicted octanol–water partition coefficient (Wildman–Crippen LogP) is 6.19. The standard InChI is InChI=1S/C24H19ClN2OS/c25-20-13-11-19(12-14-20)17-22-23(28)27(16-15-18-7-3-1-4-8-18)24(29-22)26-21-9-5-2-6-10-21/h1-14,17H,15-16H2/b22-17+,26-24?. The lowest BCUT2D eigenvalue weighted by Crippen LogP contribution is -2.31. The lowest BCUT2D eigenvalue weighted by molar-refractivity contribution is -0.122. The summed E-state index contributed by atoms with van der Waals surface area (Å²) in [6.45, 7) is 0.583. The molecule has 0 spiro atoms. The Morgan fingerprint density at radius 3 is 2.24 bits per heavy atom. The maximum absolute atomic E-state index is 13.1. The number of aliphatic imine (C=N–C) groups is 1. The Labute approximate surface area is 179 Å². The van der Waals surface area contributed by atoms with E-state index in [1.54, 1.807) is 4.90 Å². The highest BCUT2D eigenvalue weighted by Gasteiger charge is 2.33. The third-order valence-electron chi connectivity index (χ3n) is 4.50. The maximum Gasteiger partial charge on any atom is 0.266 e. The second kappa shape index (κ2) is 9.12. The number of hydrogen-bond donors (Lipinski definition) is 0. The van der Waals surface area contributed by atoms with E-state index < -0.39 is 0 Å². The third-order valence-corrected chi connectivity index (χ3v) is 5.76. The van der Waals surface area contributed by atoms with Gasteiger partial charge in [-0.2, -0.15) is 0 Å². The molecule has 1 heterocycles. The molecule has 4 rings (SSSR count). The van der Waals surface area contributed by atoms with Gasteiger partial charge in [0.25, 0.3) is 5.91 Å². The Hall–Kier alpha value is -2.82. The first-order valence-electron chi connectivity index (χ1n) is 9.34. The zero-order valence-corrected chi connectivity index (χ0v) is 17.2. The van der Waals surface area contributed by atoms with Crippen LogP contribution in [-0.2, 0) is 11.2 Å². The molecule has 0 unspecified atom stereocenters. The molecule has 144 valence electrons. The van der Waals surface area contributed by atoms with Gasteiger partial charge < -0.3 is 0 Å². The van der Waals surface area contributed by atoms with Crippen LogP contribution in [0, 0.1) is 0 Å². The number of nitrogens with zero attached hydrogens (tertiary/aromatic N) is 2. The van der Waals surface area contributed by atoms with Crippen LogP contribution in [0.5, 0.6) is 0 Å². The molecule has 3 nitrogen and oxygen atoms in total. The van der Waals surface area contributed by atoms with Crippen molar-refractivity contribution in [3.05, 3.63) is 106 Å². The predicted molar refractivity (Wildman–Crippen MR) is 122 cm³/mol. The molecule has 0 radical (unpaired) electrons. The molecular weight excluding hydrogens is 400 g/mol. The van der Waals surface area contributed by atoms with E-state index in [1.165, 1.54) is 17.3 Å². The van der Waals surface area contributed by atoms with E-state index in [1.807, 2.05) is 78.9 Å². The minimum atomic E-state index is -0.0180. The Balaban J connectivity index is 1.62. The molecule has 1 amide bonds. The molecule has 0 atom stereocenters. The van der Waals surface area contributed by atoms with Crippen LogP contribution < -0.4 is 0 Å². The maximum atomic E-state index is 13.1. The third kappa shape index (κ3) is 4.97. The summed E-state index contributed by atoms with van der Waals surface area (Å²) in [5.74, 6) is -0.0180. The molecule has 1 fully saturated rings. The van der Waals surface area contributed by atoms with Gasteiger partial charge in [-0.05, 0) is 59.7 Å². The van der Waals surface area contributed by atoms with Crippen molar-refractivity contribution in [2.24, 2.45) is 4.99 Å². The van der Waals surface area contributed by atoms with Crippen molar-refractivity contribution >= 4 is 46.2 Å². The summed E-state index contributed by atoms with van der Waals surface area (Å²) in [5, 5.41) is 1.38. The first-order chi connectivity index (χ1) is 14.2. The molecule has 0 aliphatic carbocycles. The lowest BCUT2D eigenvalue weighted by Gasteiger charge is -2.15. The summed E-state index contributed by atoms with van der Waals surface area (Å²) in [5.41, 5.74) is 2.97. The quantitative estimate of drug-likeness (QED) is 0.463. The molecular formula is C24H19ClN2OS. The fourth-order valence-corrected chi connectivity index (χ4v) is 4.15. The van der Waals surface area contributed by atoms with E-state index in [-0.39, 0.29) is 5.91 Å². The molecule has 5 heteroatoms. The molecule has 29 heavy (non-hydrogen) atoms. The summed E-state index contributed by atoms with van der Waals surface area (Å²) < 4.78 is 0. The normalized spacial score (nSPS) is 16.7. The van der Waals surface area contributed by atoms with E-state index in [4.69, 9.17) is 16.6 Å². The van der Waals surface area contributed by atoms with Gasteiger partial charge in [0.05, 0.1) is 10.6 Å². The largest absolute Gasteiger partial charge is 0.286 e. The van der Waals surface area contributed by atoms with E-state index in [2.05, 4.69) is 12.1 Å². The van der Waals surface area contributed by atoms with Crippen molar-refractivity contribution in [1.29, 1.82) is 0 Å². The van der Waals surface area contributed by atoms with Gasteiger partial charge in [0.2, 0.25) is 0 Å².